The van der Waals surface area contributed by atoms with Crippen molar-refractivity contribution in [2.45, 2.75) is 20.0 Å². The molecule has 3 N–H and O–H groups in total. The van der Waals surface area contributed by atoms with Crippen molar-refractivity contribution in [2.24, 2.45) is 0 Å². The molecule has 0 aliphatic heterocycles. The summed E-state index contributed by atoms with van der Waals surface area (Å²) in [7, 11) is 0. The Morgan fingerprint density at radius 3 is 2.46 bits per heavy atom. The van der Waals surface area contributed by atoms with Crippen molar-refractivity contribution in [3.63, 3.8) is 0 Å². The molecule has 2 aromatic carbocycles. The van der Waals surface area contributed by atoms with Crippen LogP contribution in [0.2, 0.25) is 0 Å². The first-order valence-electron chi connectivity index (χ1n) is 7.30. The Morgan fingerprint density at radius 2 is 1.79 bits per heavy atom. The average molecular weight is 331 g/mol. The molecule has 24 heavy (non-hydrogen) atoms. The molecule has 0 aliphatic carbocycles. The number of anilines is 1. The third-order valence-corrected chi connectivity index (χ3v) is 3.07. The minimum absolute atomic E-state index is 0.396. The van der Waals surface area contributed by atoms with Gasteiger partial charge in [0.1, 0.15) is 11.6 Å². The summed E-state index contributed by atoms with van der Waals surface area (Å²) >= 11 is 0. The summed E-state index contributed by atoms with van der Waals surface area (Å²) in [6.45, 7) is 3.48. The van der Waals surface area contributed by atoms with E-state index in [1.165, 1.54) is 24.3 Å². The molecule has 126 valence electrons. The van der Waals surface area contributed by atoms with Gasteiger partial charge in [0, 0.05) is 5.69 Å². The van der Waals surface area contributed by atoms with E-state index >= 15 is 0 Å². The van der Waals surface area contributed by atoms with Crippen molar-refractivity contribution in [3.8, 4) is 5.75 Å². The van der Waals surface area contributed by atoms with E-state index in [1.807, 2.05) is 19.1 Å². The van der Waals surface area contributed by atoms with Gasteiger partial charge in [-0.3, -0.25) is 10.2 Å². The summed E-state index contributed by atoms with van der Waals surface area (Å²) < 4.78 is 18.3. The molecule has 0 aliphatic rings. The number of carbonyl (C=O) groups excluding carboxylic acids is 2. The van der Waals surface area contributed by atoms with Crippen molar-refractivity contribution in [3.05, 3.63) is 59.9 Å². The number of hydrogen-bond donors (Lipinski definition) is 3. The van der Waals surface area contributed by atoms with Crippen molar-refractivity contribution in [2.75, 3.05) is 5.32 Å². The number of halogens is 1. The van der Waals surface area contributed by atoms with Crippen molar-refractivity contribution in [1.82, 2.24) is 10.9 Å². The maximum atomic E-state index is 12.8. The zero-order valence-corrected chi connectivity index (χ0v) is 13.3. The van der Waals surface area contributed by atoms with Gasteiger partial charge in [-0.05, 0) is 55.8 Å². The highest BCUT2D eigenvalue weighted by molar-refractivity contribution is 5.91. The highest BCUT2D eigenvalue weighted by Crippen LogP contribution is 2.14. The molecule has 6 nitrogen and oxygen atoms in total. The van der Waals surface area contributed by atoms with Gasteiger partial charge in [0.25, 0.3) is 5.91 Å². The van der Waals surface area contributed by atoms with E-state index in [0.717, 1.165) is 5.56 Å². The van der Waals surface area contributed by atoms with E-state index in [4.69, 9.17) is 4.74 Å². The van der Waals surface area contributed by atoms with Crippen LogP contribution in [0.5, 0.6) is 5.75 Å². The lowest BCUT2D eigenvalue weighted by atomic mass is 10.2. The lowest BCUT2D eigenvalue weighted by molar-refractivity contribution is -0.127. The molecule has 0 heterocycles. The second-order valence-electron chi connectivity index (χ2n) is 5.15. The molecular formula is C17H18FN3O3. The third-order valence-electron chi connectivity index (χ3n) is 3.07. The van der Waals surface area contributed by atoms with Crippen molar-refractivity contribution in [1.29, 1.82) is 0 Å². The smallest absolute Gasteiger partial charge is 0.337 e. The maximum Gasteiger partial charge on any atom is 0.337 e. The first kappa shape index (κ1) is 17.3. The minimum atomic E-state index is -0.794. The second kappa shape index (κ2) is 7.96. The summed E-state index contributed by atoms with van der Waals surface area (Å²) in [4.78, 5) is 23.6. The third kappa shape index (κ3) is 5.28. The molecule has 2 rings (SSSR count). The SMILES string of the molecule is Cc1cccc(O[C@H](C)C(=O)NNC(=O)Nc2ccc(F)cc2)c1. The zero-order valence-electron chi connectivity index (χ0n) is 13.3. The quantitative estimate of drug-likeness (QED) is 0.754. The predicted molar refractivity (Wildman–Crippen MR) is 88.0 cm³/mol. The van der Waals surface area contributed by atoms with Crippen LogP contribution >= 0.6 is 0 Å². The molecule has 0 saturated carbocycles. The monoisotopic (exact) mass is 331 g/mol. The lowest BCUT2D eigenvalue weighted by Gasteiger charge is -2.15. The van der Waals surface area contributed by atoms with Crippen LogP contribution in [-0.4, -0.2) is 18.0 Å². The first-order valence-corrected chi connectivity index (χ1v) is 7.30. The molecule has 7 heteroatoms. The van der Waals surface area contributed by atoms with Gasteiger partial charge in [0.15, 0.2) is 6.10 Å². The van der Waals surface area contributed by atoms with E-state index in [-0.39, 0.29) is 0 Å². The Balaban J connectivity index is 1.79. The molecule has 0 aromatic heterocycles. The van der Waals surface area contributed by atoms with Gasteiger partial charge in [0.2, 0.25) is 0 Å². The van der Waals surface area contributed by atoms with Crippen molar-refractivity contribution < 1.29 is 18.7 Å². The summed E-state index contributed by atoms with van der Waals surface area (Å²) in [5, 5.41) is 2.45. The number of ether oxygens (including phenoxy) is 1. The van der Waals surface area contributed by atoms with Crippen LogP contribution < -0.4 is 20.9 Å². The van der Waals surface area contributed by atoms with Crippen LogP contribution in [0.4, 0.5) is 14.9 Å². The number of carbonyl (C=O) groups is 2. The Bertz CT molecular complexity index is 719. The van der Waals surface area contributed by atoms with Crippen LogP contribution in [0.3, 0.4) is 0 Å². The fourth-order valence-corrected chi connectivity index (χ4v) is 1.86. The number of urea groups is 1. The molecule has 0 unspecified atom stereocenters. The Kier molecular flexibility index (Phi) is 5.73. The fourth-order valence-electron chi connectivity index (χ4n) is 1.86. The molecule has 0 saturated heterocycles. The molecule has 1 atom stereocenters. The standard InChI is InChI=1S/C17H18FN3O3/c1-11-4-3-5-15(10-11)24-12(2)16(22)20-21-17(23)19-14-8-6-13(18)7-9-14/h3-10,12H,1-2H3,(H,20,22)(H2,19,21,23)/t12-/m1/s1. The zero-order chi connectivity index (χ0) is 17.5. The van der Waals surface area contributed by atoms with Gasteiger partial charge in [-0.2, -0.15) is 0 Å². The Morgan fingerprint density at radius 1 is 1.08 bits per heavy atom. The van der Waals surface area contributed by atoms with Gasteiger partial charge >= 0.3 is 6.03 Å². The van der Waals surface area contributed by atoms with E-state index < -0.39 is 23.9 Å². The van der Waals surface area contributed by atoms with Gasteiger partial charge in [-0.1, -0.05) is 12.1 Å². The average Bonchev–Trinajstić information content (AvgIpc) is 2.54. The predicted octanol–water partition coefficient (Wildman–Crippen LogP) is 2.75. The van der Waals surface area contributed by atoms with Crippen LogP contribution in [0, 0.1) is 12.7 Å². The largest absolute Gasteiger partial charge is 0.481 e. The highest BCUT2D eigenvalue weighted by Gasteiger charge is 2.15. The maximum absolute atomic E-state index is 12.8. The number of hydrogen-bond acceptors (Lipinski definition) is 3. The van der Waals surface area contributed by atoms with E-state index in [1.54, 1.807) is 19.1 Å². The molecule has 0 bridgehead atoms. The van der Waals surface area contributed by atoms with Gasteiger partial charge in [-0.25, -0.2) is 14.6 Å². The Hall–Kier alpha value is -3.09. The lowest BCUT2D eigenvalue weighted by Crippen LogP contribution is -2.48. The number of nitrogens with one attached hydrogen (secondary N) is 3. The fraction of sp³-hybridized carbons (Fsp3) is 0.176. The first-order chi connectivity index (χ1) is 11.4. The van der Waals surface area contributed by atoms with E-state index in [0.29, 0.717) is 11.4 Å². The molecule has 0 radical (unpaired) electrons. The summed E-state index contributed by atoms with van der Waals surface area (Å²) in [5.74, 6) is -0.351. The van der Waals surface area contributed by atoms with E-state index in [2.05, 4.69) is 16.2 Å². The normalized spacial score (nSPS) is 11.3. The number of rotatable bonds is 4. The summed E-state index contributed by atoms with van der Waals surface area (Å²) in [6, 6.07) is 11.9. The number of hydrazine groups is 1. The topological polar surface area (TPSA) is 79.5 Å². The number of aryl methyl sites for hydroxylation is 1. The second-order valence-corrected chi connectivity index (χ2v) is 5.15. The molecule has 0 fully saturated rings. The number of benzene rings is 2. The van der Waals surface area contributed by atoms with Crippen LogP contribution in [0.25, 0.3) is 0 Å². The highest BCUT2D eigenvalue weighted by atomic mass is 19.1. The molecule has 2 aromatic rings. The molecular weight excluding hydrogens is 313 g/mol. The van der Waals surface area contributed by atoms with E-state index in [9.17, 15) is 14.0 Å². The summed E-state index contributed by atoms with van der Waals surface area (Å²) in [6.07, 6.45) is -0.794. The Labute approximate surface area is 139 Å². The molecule has 3 amide bonds. The summed E-state index contributed by atoms with van der Waals surface area (Å²) in [5.41, 5.74) is 5.86. The van der Waals surface area contributed by atoms with Gasteiger partial charge in [0.05, 0.1) is 0 Å². The minimum Gasteiger partial charge on any atom is -0.481 e. The van der Waals surface area contributed by atoms with Crippen LogP contribution in [0.15, 0.2) is 48.5 Å². The van der Waals surface area contributed by atoms with Crippen LogP contribution in [0.1, 0.15) is 12.5 Å². The van der Waals surface area contributed by atoms with Gasteiger partial charge < -0.3 is 10.1 Å². The van der Waals surface area contributed by atoms with Crippen LogP contribution in [-0.2, 0) is 4.79 Å². The molecule has 0 spiro atoms. The van der Waals surface area contributed by atoms with Gasteiger partial charge in [-0.15, -0.1) is 0 Å². The number of amides is 3. The van der Waals surface area contributed by atoms with Crippen molar-refractivity contribution >= 4 is 17.6 Å².